The predicted octanol–water partition coefficient (Wildman–Crippen LogP) is 5.44. The Morgan fingerprint density at radius 3 is 1.86 bits per heavy atom. The van der Waals surface area contributed by atoms with Gasteiger partial charge in [0.2, 0.25) is 0 Å². The zero-order chi connectivity index (χ0) is 15.6. The van der Waals surface area contributed by atoms with Gasteiger partial charge in [-0.05, 0) is 36.6 Å². The zero-order valence-electron chi connectivity index (χ0n) is 11.3. The minimum atomic E-state index is -4.44. The number of alkyl halides is 3. The van der Waals surface area contributed by atoms with Gasteiger partial charge in [0.05, 0.1) is 0 Å². The Hall–Kier alpha value is -1.91. The van der Waals surface area contributed by atoms with Crippen LogP contribution in [0.3, 0.4) is 0 Å². The summed E-state index contributed by atoms with van der Waals surface area (Å²) in [5, 5.41) is 0. The number of hydrogen-bond donors (Lipinski definition) is 0. The fraction of sp³-hybridized carbons (Fsp3) is 0.250. The van der Waals surface area contributed by atoms with Gasteiger partial charge >= 0.3 is 6.18 Å². The molecule has 0 aliphatic rings. The summed E-state index contributed by atoms with van der Waals surface area (Å²) in [6.45, 7) is 1.88. The van der Waals surface area contributed by atoms with E-state index in [4.69, 9.17) is 0 Å². The van der Waals surface area contributed by atoms with E-state index in [1.54, 1.807) is 24.3 Å². The van der Waals surface area contributed by atoms with E-state index in [-0.39, 0.29) is 0 Å². The van der Waals surface area contributed by atoms with Gasteiger partial charge in [0.15, 0.2) is 0 Å². The molecule has 0 bridgehead atoms. The molecule has 0 aromatic heterocycles. The summed E-state index contributed by atoms with van der Waals surface area (Å²) < 4.78 is 64.1. The summed E-state index contributed by atoms with van der Waals surface area (Å²) in [6, 6.07) is 9.14. The van der Waals surface area contributed by atoms with E-state index in [9.17, 15) is 22.0 Å². The molecule has 0 fully saturated rings. The van der Waals surface area contributed by atoms with E-state index >= 15 is 0 Å². The first kappa shape index (κ1) is 15.5. The zero-order valence-corrected chi connectivity index (χ0v) is 11.3. The first-order chi connectivity index (χ1) is 9.76. The molecule has 5 heteroatoms. The summed E-state index contributed by atoms with van der Waals surface area (Å²) in [5.74, 6) is -1.90. The van der Waals surface area contributed by atoms with Crippen LogP contribution in [0.15, 0.2) is 36.4 Å². The molecule has 2 rings (SSSR count). The Morgan fingerprint density at radius 2 is 1.38 bits per heavy atom. The molecular weight excluding hydrogens is 287 g/mol. The summed E-state index contributed by atoms with van der Waals surface area (Å²) in [6.07, 6.45) is -6.38. The quantitative estimate of drug-likeness (QED) is 0.663. The average Bonchev–Trinajstić information content (AvgIpc) is 2.37. The molecule has 0 heterocycles. The van der Waals surface area contributed by atoms with Crippen molar-refractivity contribution in [1.29, 1.82) is 0 Å². The van der Waals surface area contributed by atoms with Crippen molar-refractivity contribution in [2.45, 2.75) is 25.9 Å². The summed E-state index contributed by atoms with van der Waals surface area (Å²) in [7, 11) is 0. The van der Waals surface area contributed by atoms with E-state index in [1.165, 1.54) is 0 Å². The Kier molecular flexibility index (Phi) is 4.30. The van der Waals surface area contributed by atoms with Crippen LogP contribution in [0.1, 0.15) is 17.5 Å². The number of halogens is 5. The second-order valence-electron chi connectivity index (χ2n) is 4.90. The highest BCUT2D eigenvalue weighted by Gasteiger charge is 2.28. The standard InChI is InChI=1S/C16H13F5/c1-10-2-4-11(5-3-10)12-8-14(17)13(15(18)9-12)6-7-16(19,20)21/h2-5,8-9H,6-7H2,1H3. The van der Waals surface area contributed by atoms with Gasteiger partial charge < -0.3 is 0 Å². The number of hydrogen-bond acceptors (Lipinski definition) is 0. The molecule has 21 heavy (non-hydrogen) atoms. The summed E-state index contributed by atoms with van der Waals surface area (Å²) in [4.78, 5) is 0. The molecule has 0 amide bonds. The molecule has 2 aromatic carbocycles. The van der Waals surface area contributed by atoms with Gasteiger partial charge in [-0.3, -0.25) is 0 Å². The smallest absolute Gasteiger partial charge is 0.207 e. The van der Waals surface area contributed by atoms with Crippen molar-refractivity contribution >= 4 is 0 Å². The first-order valence-corrected chi connectivity index (χ1v) is 6.38. The van der Waals surface area contributed by atoms with Crippen molar-refractivity contribution in [3.8, 4) is 11.1 Å². The molecule has 0 aliphatic carbocycles. The van der Waals surface area contributed by atoms with E-state index < -0.39 is 36.2 Å². The second-order valence-corrected chi connectivity index (χ2v) is 4.90. The van der Waals surface area contributed by atoms with Gasteiger partial charge in [0, 0.05) is 12.0 Å². The maximum absolute atomic E-state index is 13.8. The third-order valence-electron chi connectivity index (χ3n) is 3.18. The third kappa shape index (κ3) is 4.03. The lowest BCUT2D eigenvalue weighted by Crippen LogP contribution is -2.10. The summed E-state index contributed by atoms with van der Waals surface area (Å²) >= 11 is 0. The molecule has 0 unspecified atom stereocenters. The molecule has 0 N–H and O–H groups in total. The number of benzene rings is 2. The van der Waals surface area contributed by atoms with Crippen LogP contribution >= 0.6 is 0 Å². The Bertz CT molecular complexity index is 603. The van der Waals surface area contributed by atoms with Crippen molar-refractivity contribution < 1.29 is 22.0 Å². The molecule has 0 nitrogen and oxygen atoms in total. The SMILES string of the molecule is Cc1ccc(-c2cc(F)c(CCC(F)(F)F)c(F)c2)cc1. The Morgan fingerprint density at radius 1 is 0.857 bits per heavy atom. The first-order valence-electron chi connectivity index (χ1n) is 6.38. The highest BCUT2D eigenvalue weighted by molar-refractivity contribution is 5.64. The Labute approximate surface area is 119 Å². The molecule has 2 aromatic rings. The average molecular weight is 300 g/mol. The van der Waals surface area contributed by atoms with Crippen LogP contribution in [0.5, 0.6) is 0 Å². The van der Waals surface area contributed by atoms with Crippen molar-refractivity contribution in [3.05, 3.63) is 59.2 Å². The van der Waals surface area contributed by atoms with E-state index in [0.717, 1.165) is 17.7 Å². The largest absolute Gasteiger partial charge is 0.389 e. The summed E-state index contributed by atoms with van der Waals surface area (Å²) in [5.41, 5.74) is 1.39. The van der Waals surface area contributed by atoms with E-state index in [1.807, 2.05) is 6.92 Å². The van der Waals surface area contributed by atoms with Gasteiger partial charge in [-0.1, -0.05) is 29.8 Å². The van der Waals surface area contributed by atoms with Crippen LogP contribution in [-0.4, -0.2) is 6.18 Å². The molecule has 0 saturated heterocycles. The monoisotopic (exact) mass is 300 g/mol. The molecule has 0 saturated carbocycles. The normalized spacial score (nSPS) is 11.7. The second kappa shape index (κ2) is 5.84. The minimum absolute atomic E-state index is 0.306. The molecule has 112 valence electrons. The van der Waals surface area contributed by atoms with E-state index in [2.05, 4.69) is 0 Å². The van der Waals surface area contributed by atoms with Crippen LogP contribution in [0.2, 0.25) is 0 Å². The molecule has 0 radical (unpaired) electrons. The van der Waals surface area contributed by atoms with Crippen LogP contribution in [0, 0.1) is 18.6 Å². The maximum atomic E-state index is 13.8. The number of aryl methyl sites for hydroxylation is 1. The highest BCUT2D eigenvalue weighted by atomic mass is 19.4. The van der Waals surface area contributed by atoms with Crippen molar-refractivity contribution in [1.82, 2.24) is 0 Å². The van der Waals surface area contributed by atoms with Crippen molar-refractivity contribution in [3.63, 3.8) is 0 Å². The van der Waals surface area contributed by atoms with Gasteiger partial charge in [0.1, 0.15) is 11.6 Å². The topological polar surface area (TPSA) is 0 Å². The molecular formula is C16H13F5. The van der Waals surface area contributed by atoms with Crippen LogP contribution in [-0.2, 0) is 6.42 Å². The van der Waals surface area contributed by atoms with Gasteiger partial charge in [-0.2, -0.15) is 13.2 Å². The van der Waals surface area contributed by atoms with Gasteiger partial charge in [0.25, 0.3) is 0 Å². The highest BCUT2D eigenvalue weighted by Crippen LogP contribution is 2.28. The number of rotatable bonds is 3. The van der Waals surface area contributed by atoms with Crippen molar-refractivity contribution in [2.24, 2.45) is 0 Å². The molecule has 0 spiro atoms. The maximum Gasteiger partial charge on any atom is 0.389 e. The molecule has 0 aliphatic heterocycles. The van der Waals surface area contributed by atoms with Crippen LogP contribution < -0.4 is 0 Å². The lowest BCUT2D eigenvalue weighted by Gasteiger charge is -2.10. The lowest BCUT2D eigenvalue weighted by atomic mass is 10.00. The van der Waals surface area contributed by atoms with Gasteiger partial charge in [-0.25, -0.2) is 8.78 Å². The van der Waals surface area contributed by atoms with E-state index in [0.29, 0.717) is 11.1 Å². The third-order valence-corrected chi connectivity index (χ3v) is 3.18. The minimum Gasteiger partial charge on any atom is -0.207 e. The fourth-order valence-electron chi connectivity index (χ4n) is 2.02. The predicted molar refractivity (Wildman–Crippen MR) is 70.9 cm³/mol. The van der Waals surface area contributed by atoms with Crippen LogP contribution in [0.25, 0.3) is 11.1 Å². The van der Waals surface area contributed by atoms with Gasteiger partial charge in [-0.15, -0.1) is 0 Å². The Balaban J connectivity index is 2.30. The molecule has 0 atom stereocenters. The lowest BCUT2D eigenvalue weighted by molar-refractivity contribution is -0.134. The fourth-order valence-corrected chi connectivity index (χ4v) is 2.02. The van der Waals surface area contributed by atoms with Crippen molar-refractivity contribution in [2.75, 3.05) is 0 Å². The van der Waals surface area contributed by atoms with Crippen LogP contribution in [0.4, 0.5) is 22.0 Å².